The van der Waals surface area contributed by atoms with E-state index in [2.05, 4.69) is 24.1 Å². The van der Waals surface area contributed by atoms with Crippen LogP contribution in [0.5, 0.6) is 11.5 Å². The number of allylic oxidation sites excluding steroid dienone is 1. The number of hydrogen-bond acceptors (Lipinski definition) is 5. The third-order valence-electron chi connectivity index (χ3n) is 5.92. The zero-order valence-electron chi connectivity index (χ0n) is 18.1. The summed E-state index contributed by atoms with van der Waals surface area (Å²) in [6, 6.07) is 4.03. The molecule has 0 radical (unpaired) electrons. The van der Waals surface area contributed by atoms with Crippen LogP contribution in [0.3, 0.4) is 0 Å². The Kier molecular flexibility index (Phi) is 7.24. The Balaban J connectivity index is 1.99. The van der Waals surface area contributed by atoms with E-state index in [0.29, 0.717) is 5.75 Å². The first-order valence-electron chi connectivity index (χ1n) is 10.7. The van der Waals surface area contributed by atoms with Crippen molar-refractivity contribution in [1.82, 2.24) is 4.90 Å². The molecule has 5 nitrogen and oxygen atoms in total. The second-order valence-electron chi connectivity index (χ2n) is 7.71. The molecule has 1 aromatic rings. The number of hydrogen-bond donors (Lipinski definition) is 0. The molecule has 0 saturated carbocycles. The van der Waals surface area contributed by atoms with Gasteiger partial charge < -0.3 is 19.1 Å². The van der Waals surface area contributed by atoms with Gasteiger partial charge in [-0.1, -0.05) is 45.1 Å². The minimum atomic E-state index is -0.240. The second-order valence-corrected chi connectivity index (χ2v) is 7.71. The van der Waals surface area contributed by atoms with E-state index in [4.69, 9.17) is 14.2 Å². The summed E-state index contributed by atoms with van der Waals surface area (Å²) in [5, 5.41) is 0. The predicted molar refractivity (Wildman–Crippen MR) is 115 cm³/mol. The molecule has 0 saturated heterocycles. The second kappa shape index (κ2) is 9.86. The zero-order valence-corrected chi connectivity index (χ0v) is 18.1. The molecule has 0 N–H and O–H groups in total. The Hall–Kier alpha value is -2.43. The van der Waals surface area contributed by atoms with Crippen molar-refractivity contribution in [3.63, 3.8) is 0 Å². The summed E-state index contributed by atoms with van der Waals surface area (Å²) in [6.45, 7) is 3.06. The minimum Gasteiger partial charge on any atom is -0.493 e. The number of unbranched alkanes of at least 4 members (excludes halogenated alkanes) is 4. The fourth-order valence-corrected chi connectivity index (χ4v) is 4.35. The van der Waals surface area contributed by atoms with Crippen LogP contribution >= 0.6 is 0 Å². The molecule has 2 aliphatic heterocycles. The largest absolute Gasteiger partial charge is 0.493 e. The van der Waals surface area contributed by atoms with Crippen molar-refractivity contribution >= 4 is 11.7 Å². The molecule has 1 atom stereocenters. The number of benzene rings is 1. The molecule has 2 heterocycles. The molecule has 0 aromatic heterocycles. The Bertz CT molecular complexity index is 796. The first-order valence-corrected chi connectivity index (χ1v) is 10.7. The number of rotatable bonds is 9. The Morgan fingerprint density at radius 1 is 1.07 bits per heavy atom. The van der Waals surface area contributed by atoms with Gasteiger partial charge in [0, 0.05) is 24.2 Å². The van der Waals surface area contributed by atoms with Gasteiger partial charge in [0.1, 0.15) is 0 Å². The van der Waals surface area contributed by atoms with Crippen LogP contribution in [-0.4, -0.2) is 38.7 Å². The number of fused-ring (bicyclic) bond motifs is 3. The molecule has 0 spiro atoms. The van der Waals surface area contributed by atoms with E-state index < -0.39 is 0 Å². The first-order chi connectivity index (χ1) is 14.1. The summed E-state index contributed by atoms with van der Waals surface area (Å²) < 4.78 is 16.2. The van der Waals surface area contributed by atoms with Crippen molar-refractivity contribution < 1.29 is 19.0 Å². The summed E-state index contributed by atoms with van der Waals surface area (Å²) in [6.07, 6.45) is 12.2. The fourth-order valence-electron chi connectivity index (χ4n) is 4.35. The lowest BCUT2D eigenvalue weighted by Gasteiger charge is -2.37. The van der Waals surface area contributed by atoms with Gasteiger partial charge in [-0.2, -0.15) is 0 Å². The van der Waals surface area contributed by atoms with E-state index in [1.807, 2.05) is 12.1 Å². The number of carbonyl (C=O) groups excluding carboxylic acids is 1. The van der Waals surface area contributed by atoms with E-state index >= 15 is 0 Å². The van der Waals surface area contributed by atoms with E-state index in [9.17, 15) is 4.79 Å². The highest BCUT2D eigenvalue weighted by Gasteiger charge is 2.34. The van der Waals surface area contributed by atoms with Gasteiger partial charge in [-0.3, -0.25) is 0 Å². The van der Waals surface area contributed by atoms with Crippen LogP contribution < -0.4 is 9.47 Å². The van der Waals surface area contributed by atoms with E-state index in [0.717, 1.165) is 48.4 Å². The lowest BCUT2D eigenvalue weighted by atomic mass is 9.83. The molecular formula is C24H33NO4. The number of esters is 1. The van der Waals surface area contributed by atoms with Gasteiger partial charge in [0.15, 0.2) is 11.5 Å². The molecule has 0 bridgehead atoms. The molecular weight excluding hydrogens is 366 g/mol. The standard InChI is InChI=1S/C24H33NO4/c1-5-6-7-8-9-10-17-11-13-25-14-12-18-15-20(27-2)21(28-3)16-19(18)23(25)22(17)24(26)29-4/h11,13,15-17H,5-10,12,14H2,1-4H3/t17-/m1/s1. The molecule has 1 aromatic carbocycles. The summed E-state index contributed by atoms with van der Waals surface area (Å²) in [5.74, 6) is 1.24. The summed E-state index contributed by atoms with van der Waals surface area (Å²) in [7, 11) is 4.76. The SMILES string of the molecule is CCCCCCC[C@@H]1C=CN2CCc3cc(OC)c(OC)cc3C2=C1C(=O)OC. The average molecular weight is 400 g/mol. The average Bonchev–Trinajstić information content (AvgIpc) is 2.76. The van der Waals surface area contributed by atoms with Crippen LogP contribution in [0.2, 0.25) is 0 Å². The third-order valence-corrected chi connectivity index (χ3v) is 5.92. The van der Waals surface area contributed by atoms with Crippen molar-refractivity contribution in [3.8, 4) is 11.5 Å². The van der Waals surface area contributed by atoms with Crippen LogP contribution in [-0.2, 0) is 16.0 Å². The van der Waals surface area contributed by atoms with Gasteiger partial charge >= 0.3 is 5.97 Å². The minimum absolute atomic E-state index is 0.0781. The zero-order chi connectivity index (χ0) is 20.8. The Labute approximate surface area is 174 Å². The summed E-state index contributed by atoms with van der Waals surface area (Å²) in [5.41, 5.74) is 3.93. The maximum Gasteiger partial charge on any atom is 0.336 e. The molecule has 5 heteroatoms. The van der Waals surface area contributed by atoms with Crippen molar-refractivity contribution in [3.05, 3.63) is 41.1 Å². The van der Waals surface area contributed by atoms with Crippen molar-refractivity contribution in [2.45, 2.75) is 51.9 Å². The van der Waals surface area contributed by atoms with Gasteiger partial charge in [0.2, 0.25) is 0 Å². The van der Waals surface area contributed by atoms with Crippen LogP contribution in [0.1, 0.15) is 56.6 Å². The summed E-state index contributed by atoms with van der Waals surface area (Å²) in [4.78, 5) is 15.0. The number of carbonyl (C=O) groups is 1. The molecule has 158 valence electrons. The van der Waals surface area contributed by atoms with E-state index in [1.165, 1.54) is 38.4 Å². The van der Waals surface area contributed by atoms with Crippen molar-refractivity contribution in [1.29, 1.82) is 0 Å². The van der Waals surface area contributed by atoms with Gasteiger partial charge in [0.25, 0.3) is 0 Å². The summed E-state index contributed by atoms with van der Waals surface area (Å²) >= 11 is 0. The molecule has 0 aliphatic carbocycles. The van der Waals surface area contributed by atoms with Crippen molar-refractivity contribution in [2.75, 3.05) is 27.9 Å². The topological polar surface area (TPSA) is 48.0 Å². The Morgan fingerprint density at radius 3 is 2.48 bits per heavy atom. The highest BCUT2D eigenvalue weighted by Crippen LogP contribution is 2.43. The number of nitrogens with zero attached hydrogens (tertiary/aromatic N) is 1. The van der Waals surface area contributed by atoms with Crippen LogP contribution in [0.25, 0.3) is 5.70 Å². The van der Waals surface area contributed by atoms with Gasteiger partial charge in [-0.25, -0.2) is 4.79 Å². The van der Waals surface area contributed by atoms with Gasteiger partial charge in [0.05, 0.1) is 32.6 Å². The highest BCUT2D eigenvalue weighted by atomic mass is 16.5. The smallest absolute Gasteiger partial charge is 0.336 e. The molecule has 3 rings (SSSR count). The number of ether oxygens (including phenoxy) is 3. The molecule has 0 unspecified atom stereocenters. The van der Waals surface area contributed by atoms with Crippen LogP contribution in [0.15, 0.2) is 30.0 Å². The third kappa shape index (κ3) is 4.44. The maximum absolute atomic E-state index is 12.9. The van der Waals surface area contributed by atoms with Crippen LogP contribution in [0, 0.1) is 5.92 Å². The normalized spacial score (nSPS) is 17.7. The van der Waals surface area contributed by atoms with Gasteiger partial charge in [-0.05, 0) is 30.5 Å². The lowest BCUT2D eigenvalue weighted by molar-refractivity contribution is -0.136. The first kappa shape index (κ1) is 21.3. The lowest BCUT2D eigenvalue weighted by Crippen LogP contribution is -2.32. The molecule has 0 amide bonds. The highest BCUT2D eigenvalue weighted by molar-refractivity contribution is 5.99. The number of methoxy groups -OCH3 is 3. The quantitative estimate of drug-likeness (QED) is 0.434. The predicted octanol–water partition coefficient (Wildman–Crippen LogP) is 4.95. The van der Waals surface area contributed by atoms with E-state index in [-0.39, 0.29) is 11.9 Å². The van der Waals surface area contributed by atoms with Gasteiger partial charge in [-0.15, -0.1) is 0 Å². The van der Waals surface area contributed by atoms with E-state index in [1.54, 1.807) is 14.2 Å². The molecule has 0 fully saturated rings. The molecule has 2 aliphatic rings. The maximum atomic E-state index is 12.9. The fraction of sp³-hybridized carbons (Fsp3) is 0.542. The van der Waals surface area contributed by atoms with Crippen molar-refractivity contribution in [2.24, 2.45) is 5.92 Å². The molecule has 29 heavy (non-hydrogen) atoms. The van der Waals surface area contributed by atoms with Crippen LogP contribution in [0.4, 0.5) is 0 Å². The monoisotopic (exact) mass is 399 g/mol. The Morgan fingerprint density at radius 2 is 1.79 bits per heavy atom.